The van der Waals surface area contributed by atoms with Gasteiger partial charge in [0.15, 0.2) is 0 Å². The van der Waals surface area contributed by atoms with E-state index in [1.165, 1.54) is 12.1 Å². The fourth-order valence-electron chi connectivity index (χ4n) is 1.42. The van der Waals surface area contributed by atoms with Crippen LogP contribution in [0.2, 0.25) is 0 Å². The lowest BCUT2D eigenvalue weighted by Crippen LogP contribution is -2.37. The number of benzene rings is 1. The number of urea groups is 1. The first-order chi connectivity index (χ1) is 8.97. The third-order valence-corrected chi connectivity index (χ3v) is 2.25. The number of rotatable bonds is 6. The lowest BCUT2D eigenvalue weighted by molar-refractivity contribution is -0.136. The van der Waals surface area contributed by atoms with E-state index in [1.54, 1.807) is 0 Å². The van der Waals surface area contributed by atoms with Crippen molar-refractivity contribution in [3.63, 3.8) is 0 Å². The molecule has 3 N–H and O–H groups in total. The molecule has 0 aliphatic carbocycles. The van der Waals surface area contributed by atoms with Crippen LogP contribution in [0.15, 0.2) is 18.2 Å². The maximum atomic E-state index is 12.9. The van der Waals surface area contributed by atoms with Crippen LogP contribution in [-0.4, -0.2) is 30.2 Å². The van der Waals surface area contributed by atoms with Gasteiger partial charge in [0.2, 0.25) is 0 Å². The molecule has 1 aromatic carbocycles. The summed E-state index contributed by atoms with van der Waals surface area (Å²) in [5.41, 5.74) is 0.434. The highest BCUT2D eigenvalue weighted by Gasteiger charge is 2.03. The van der Waals surface area contributed by atoms with Gasteiger partial charge in [-0.05, 0) is 24.1 Å². The van der Waals surface area contributed by atoms with Crippen molar-refractivity contribution in [1.29, 1.82) is 0 Å². The van der Waals surface area contributed by atoms with Crippen LogP contribution >= 0.6 is 0 Å². The highest BCUT2D eigenvalue weighted by molar-refractivity contribution is 5.74. The normalized spacial score (nSPS) is 10.0. The van der Waals surface area contributed by atoms with E-state index in [0.717, 1.165) is 6.07 Å². The van der Waals surface area contributed by atoms with Crippen LogP contribution in [-0.2, 0) is 11.2 Å². The Labute approximate surface area is 108 Å². The molecular weight excluding hydrogens is 258 g/mol. The molecule has 0 atom stereocenters. The molecule has 2 amide bonds. The third-order valence-electron chi connectivity index (χ3n) is 2.25. The van der Waals surface area contributed by atoms with Crippen LogP contribution in [0, 0.1) is 11.6 Å². The summed E-state index contributed by atoms with van der Waals surface area (Å²) in [5.74, 6) is -2.34. The molecule has 0 unspecified atom stereocenters. The second kappa shape index (κ2) is 7.30. The summed E-state index contributed by atoms with van der Waals surface area (Å²) in [6, 6.07) is 2.63. The van der Waals surface area contributed by atoms with Crippen molar-refractivity contribution in [2.75, 3.05) is 13.1 Å². The average molecular weight is 272 g/mol. The summed E-state index contributed by atoms with van der Waals surface area (Å²) in [6.45, 7) is 0.220. The second-order valence-corrected chi connectivity index (χ2v) is 3.85. The Morgan fingerprint density at radius 3 is 2.21 bits per heavy atom. The van der Waals surface area contributed by atoms with E-state index in [4.69, 9.17) is 5.11 Å². The Kier molecular flexibility index (Phi) is 5.72. The zero-order valence-corrected chi connectivity index (χ0v) is 10.1. The molecular formula is C12H14F2N2O3. The first-order valence-electron chi connectivity index (χ1n) is 5.66. The molecule has 0 bridgehead atoms. The van der Waals surface area contributed by atoms with Gasteiger partial charge < -0.3 is 15.7 Å². The molecule has 1 rings (SSSR count). The lowest BCUT2D eigenvalue weighted by atomic mass is 10.1. The van der Waals surface area contributed by atoms with Gasteiger partial charge >= 0.3 is 12.0 Å². The van der Waals surface area contributed by atoms with Gasteiger partial charge in [0.05, 0.1) is 6.42 Å². The van der Waals surface area contributed by atoms with Gasteiger partial charge in [0.25, 0.3) is 0 Å². The Morgan fingerprint density at radius 1 is 1.05 bits per heavy atom. The fraction of sp³-hybridized carbons (Fsp3) is 0.333. The largest absolute Gasteiger partial charge is 0.481 e. The van der Waals surface area contributed by atoms with Gasteiger partial charge in [-0.2, -0.15) is 0 Å². The monoisotopic (exact) mass is 272 g/mol. The van der Waals surface area contributed by atoms with E-state index in [9.17, 15) is 18.4 Å². The van der Waals surface area contributed by atoms with Gasteiger partial charge in [-0.25, -0.2) is 13.6 Å². The van der Waals surface area contributed by atoms with E-state index in [0.29, 0.717) is 5.56 Å². The van der Waals surface area contributed by atoms with Crippen molar-refractivity contribution in [1.82, 2.24) is 10.6 Å². The highest BCUT2D eigenvalue weighted by Crippen LogP contribution is 2.07. The maximum Gasteiger partial charge on any atom is 0.314 e. The van der Waals surface area contributed by atoms with Crippen LogP contribution in [0.4, 0.5) is 13.6 Å². The predicted octanol–water partition coefficient (Wildman–Crippen LogP) is 1.28. The maximum absolute atomic E-state index is 12.9. The number of amides is 2. The Morgan fingerprint density at radius 2 is 1.63 bits per heavy atom. The SMILES string of the molecule is O=C(O)CCNC(=O)NCCc1cc(F)cc(F)c1. The Hall–Kier alpha value is -2.18. The number of aliphatic carboxylic acids is 1. The summed E-state index contributed by atoms with van der Waals surface area (Å²) in [4.78, 5) is 21.4. The fourth-order valence-corrected chi connectivity index (χ4v) is 1.42. The minimum absolute atomic E-state index is 0.0236. The van der Waals surface area contributed by atoms with Crippen molar-refractivity contribution in [3.8, 4) is 0 Å². The zero-order chi connectivity index (χ0) is 14.3. The highest BCUT2D eigenvalue weighted by atomic mass is 19.1. The standard InChI is InChI=1S/C12H14F2N2O3/c13-9-5-8(6-10(14)7-9)1-3-15-12(19)16-4-2-11(17)18/h5-7H,1-4H2,(H,17,18)(H2,15,16,19). The van der Waals surface area contributed by atoms with Crippen LogP contribution in [0.1, 0.15) is 12.0 Å². The first-order valence-corrected chi connectivity index (χ1v) is 5.66. The number of nitrogens with one attached hydrogen (secondary N) is 2. The van der Waals surface area contributed by atoms with Crippen molar-refractivity contribution in [3.05, 3.63) is 35.4 Å². The quantitative estimate of drug-likeness (QED) is 0.730. The third kappa shape index (κ3) is 6.35. The van der Waals surface area contributed by atoms with Gasteiger partial charge in [0.1, 0.15) is 11.6 Å². The lowest BCUT2D eigenvalue weighted by Gasteiger charge is -2.07. The smallest absolute Gasteiger partial charge is 0.314 e. The molecule has 0 saturated heterocycles. The summed E-state index contributed by atoms with van der Waals surface area (Å²) in [7, 11) is 0. The summed E-state index contributed by atoms with van der Waals surface area (Å²) in [6.07, 6.45) is 0.115. The van der Waals surface area contributed by atoms with Gasteiger partial charge in [-0.1, -0.05) is 0 Å². The summed E-state index contributed by atoms with van der Waals surface area (Å²) in [5, 5.41) is 13.2. The molecule has 5 nitrogen and oxygen atoms in total. The van der Waals surface area contributed by atoms with E-state index >= 15 is 0 Å². The number of carboxylic acid groups (broad SMARTS) is 1. The molecule has 1 aromatic rings. The topological polar surface area (TPSA) is 78.4 Å². The van der Waals surface area contributed by atoms with Crippen LogP contribution in [0.3, 0.4) is 0 Å². The molecule has 7 heteroatoms. The van der Waals surface area contributed by atoms with Crippen LogP contribution in [0.5, 0.6) is 0 Å². The first kappa shape index (κ1) is 14.9. The second-order valence-electron chi connectivity index (χ2n) is 3.85. The van der Waals surface area contributed by atoms with E-state index in [-0.39, 0.29) is 25.9 Å². The number of carbonyl (C=O) groups excluding carboxylic acids is 1. The number of hydrogen-bond donors (Lipinski definition) is 3. The van der Waals surface area contributed by atoms with E-state index < -0.39 is 23.6 Å². The predicted molar refractivity (Wildman–Crippen MR) is 63.7 cm³/mol. The molecule has 0 saturated carbocycles. The van der Waals surface area contributed by atoms with Gasteiger partial charge in [-0.3, -0.25) is 4.79 Å². The molecule has 0 aliphatic rings. The number of carboxylic acids is 1. The van der Waals surface area contributed by atoms with Crippen LogP contribution < -0.4 is 10.6 Å². The van der Waals surface area contributed by atoms with Crippen molar-refractivity contribution in [2.24, 2.45) is 0 Å². The molecule has 0 aromatic heterocycles. The molecule has 0 radical (unpaired) electrons. The number of carbonyl (C=O) groups is 2. The van der Waals surface area contributed by atoms with Crippen molar-refractivity contribution in [2.45, 2.75) is 12.8 Å². The summed E-state index contributed by atoms with van der Waals surface area (Å²) >= 11 is 0. The Bertz CT molecular complexity index is 446. The Balaban J connectivity index is 2.26. The molecule has 104 valence electrons. The van der Waals surface area contributed by atoms with Crippen LogP contribution in [0.25, 0.3) is 0 Å². The van der Waals surface area contributed by atoms with E-state index in [2.05, 4.69) is 10.6 Å². The van der Waals surface area contributed by atoms with Crippen molar-refractivity contribution < 1.29 is 23.5 Å². The molecule has 0 heterocycles. The van der Waals surface area contributed by atoms with Gasteiger partial charge in [0, 0.05) is 19.2 Å². The molecule has 0 aliphatic heterocycles. The zero-order valence-electron chi connectivity index (χ0n) is 10.1. The molecule has 0 spiro atoms. The molecule has 19 heavy (non-hydrogen) atoms. The minimum atomic E-state index is -1.00. The number of halogens is 2. The summed E-state index contributed by atoms with van der Waals surface area (Å²) < 4.78 is 25.7. The number of hydrogen-bond acceptors (Lipinski definition) is 2. The van der Waals surface area contributed by atoms with Crippen molar-refractivity contribution >= 4 is 12.0 Å². The minimum Gasteiger partial charge on any atom is -0.481 e. The molecule has 0 fully saturated rings. The van der Waals surface area contributed by atoms with E-state index in [1.807, 2.05) is 0 Å². The average Bonchev–Trinajstić information content (AvgIpc) is 2.27. The van der Waals surface area contributed by atoms with Gasteiger partial charge in [-0.15, -0.1) is 0 Å².